The lowest BCUT2D eigenvalue weighted by atomic mass is 10.1. The summed E-state index contributed by atoms with van der Waals surface area (Å²) in [6, 6.07) is 3.91. The van der Waals surface area contributed by atoms with Crippen LogP contribution in [-0.2, 0) is 4.79 Å². The zero-order chi connectivity index (χ0) is 15.3. The van der Waals surface area contributed by atoms with Gasteiger partial charge in [0.1, 0.15) is 17.3 Å². The maximum atomic E-state index is 13.8. The third-order valence-electron chi connectivity index (χ3n) is 5.50. The van der Waals surface area contributed by atoms with Crippen LogP contribution in [-0.4, -0.2) is 25.0 Å². The average Bonchev–Trinajstić information content (AvgIpc) is 2.85. The number of hydrogen-bond acceptors (Lipinski definition) is 2. The van der Waals surface area contributed by atoms with Crippen LogP contribution in [0.3, 0.4) is 0 Å². The second kappa shape index (κ2) is 5.21. The largest absolute Gasteiger partial charge is 0.365 e. The minimum absolute atomic E-state index is 0.00664. The quantitative estimate of drug-likeness (QED) is 0.931. The maximum absolute atomic E-state index is 13.8. The van der Waals surface area contributed by atoms with Gasteiger partial charge >= 0.3 is 0 Å². The lowest BCUT2D eigenvalue weighted by Gasteiger charge is -2.20. The number of rotatable bonds is 3. The summed E-state index contributed by atoms with van der Waals surface area (Å²) in [6.45, 7) is 1.05. The highest BCUT2D eigenvalue weighted by Gasteiger charge is 2.56. The fourth-order valence-electron chi connectivity index (χ4n) is 4.38. The molecule has 3 aliphatic rings. The van der Waals surface area contributed by atoms with Crippen LogP contribution < -0.4 is 10.2 Å². The van der Waals surface area contributed by atoms with Crippen LogP contribution in [0.15, 0.2) is 18.2 Å². The van der Waals surface area contributed by atoms with Gasteiger partial charge in [-0.05, 0) is 43.2 Å². The van der Waals surface area contributed by atoms with Crippen molar-refractivity contribution < 1.29 is 13.6 Å². The monoisotopic (exact) mass is 306 g/mol. The van der Waals surface area contributed by atoms with Gasteiger partial charge in [-0.25, -0.2) is 8.78 Å². The third-order valence-corrected chi connectivity index (χ3v) is 5.50. The highest BCUT2D eigenvalue weighted by molar-refractivity contribution is 5.82. The Morgan fingerprint density at radius 2 is 1.82 bits per heavy atom. The van der Waals surface area contributed by atoms with Crippen LogP contribution in [0.2, 0.25) is 0 Å². The molecule has 22 heavy (non-hydrogen) atoms. The third kappa shape index (κ3) is 2.27. The van der Waals surface area contributed by atoms with Crippen LogP contribution in [0.1, 0.15) is 25.7 Å². The first-order valence-corrected chi connectivity index (χ1v) is 8.14. The highest BCUT2D eigenvalue weighted by Crippen LogP contribution is 2.57. The van der Waals surface area contributed by atoms with E-state index in [-0.39, 0.29) is 23.6 Å². The molecule has 1 aromatic carbocycles. The first kappa shape index (κ1) is 14.0. The highest BCUT2D eigenvalue weighted by atomic mass is 19.1. The lowest BCUT2D eigenvalue weighted by molar-refractivity contribution is -0.123. The lowest BCUT2D eigenvalue weighted by Crippen LogP contribution is -2.38. The molecule has 1 aromatic rings. The van der Waals surface area contributed by atoms with E-state index in [0.717, 1.165) is 6.42 Å². The van der Waals surface area contributed by atoms with E-state index in [2.05, 4.69) is 5.32 Å². The summed E-state index contributed by atoms with van der Waals surface area (Å²) < 4.78 is 27.6. The van der Waals surface area contributed by atoms with Gasteiger partial charge in [-0.3, -0.25) is 4.79 Å². The summed E-state index contributed by atoms with van der Waals surface area (Å²) in [5.41, 5.74) is 0.0301. The van der Waals surface area contributed by atoms with Crippen molar-refractivity contribution in [1.82, 2.24) is 5.32 Å². The number of amides is 1. The van der Waals surface area contributed by atoms with E-state index in [9.17, 15) is 13.6 Å². The van der Waals surface area contributed by atoms with Crippen molar-refractivity contribution in [2.24, 2.45) is 17.8 Å². The number of nitrogens with one attached hydrogen (secondary N) is 1. The van der Waals surface area contributed by atoms with Gasteiger partial charge < -0.3 is 10.2 Å². The van der Waals surface area contributed by atoms with Gasteiger partial charge in [0, 0.05) is 25.0 Å². The Bertz CT molecular complexity index is 576. The van der Waals surface area contributed by atoms with Gasteiger partial charge in [0.15, 0.2) is 0 Å². The summed E-state index contributed by atoms with van der Waals surface area (Å²) in [5, 5.41) is 3.08. The SMILES string of the molecule is O=C(N[C@@H]1CCN(c2c(F)cccc2F)C1)C1[C@H]2CCC[C@H]12. The van der Waals surface area contributed by atoms with E-state index in [1.54, 1.807) is 4.90 Å². The summed E-state index contributed by atoms with van der Waals surface area (Å²) in [5.74, 6) is 0.471. The molecular weight excluding hydrogens is 286 g/mol. The molecule has 4 rings (SSSR count). The molecule has 1 heterocycles. The Labute approximate surface area is 128 Å². The summed E-state index contributed by atoms with van der Waals surface area (Å²) >= 11 is 0. The number of fused-ring (bicyclic) bond motifs is 1. The molecule has 0 unspecified atom stereocenters. The van der Waals surface area contributed by atoms with Gasteiger partial charge in [-0.1, -0.05) is 12.5 Å². The molecule has 0 aromatic heterocycles. The number of carbonyl (C=O) groups is 1. The van der Waals surface area contributed by atoms with Crippen LogP contribution in [0.5, 0.6) is 0 Å². The molecule has 5 heteroatoms. The number of nitrogens with zero attached hydrogens (tertiary/aromatic N) is 1. The topological polar surface area (TPSA) is 32.3 Å². The maximum Gasteiger partial charge on any atom is 0.223 e. The molecule has 0 bridgehead atoms. The predicted molar refractivity (Wildman–Crippen MR) is 79.4 cm³/mol. The second-order valence-electron chi connectivity index (χ2n) is 6.79. The first-order valence-electron chi connectivity index (χ1n) is 8.14. The minimum atomic E-state index is -0.538. The van der Waals surface area contributed by atoms with E-state index < -0.39 is 11.6 Å². The number of anilines is 1. The molecule has 0 spiro atoms. The summed E-state index contributed by atoms with van der Waals surface area (Å²) in [4.78, 5) is 14.0. The van der Waals surface area contributed by atoms with Gasteiger partial charge in [0.25, 0.3) is 0 Å². The smallest absolute Gasteiger partial charge is 0.223 e. The molecule has 3 nitrogen and oxygen atoms in total. The van der Waals surface area contributed by atoms with E-state index in [1.807, 2.05) is 0 Å². The van der Waals surface area contributed by atoms with Gasteiger partial charge in [-0.2, -0.15) is 0 Å². The zero-order valence-corrected chi connectivity index (χ0v) is 12.4. The first-order chi connectivity index (χ1) is 10.6. The van der Waals surface area contributed by atoms with Gasteiger partial charge in [0.05, 0.1) is 0 Å². The van der Waals surface area contributed by atoms with E-state index in [4.69, 9.17) is 0 Å². The van der Waals surface area contributed by atoms with Crippen molar-refractivity contribution in [3.8, 4) is 0 Å². The minimum Gasteiger partial charge on any atom is -0.365 e. The number of carbonyl (C=O) groups excluding carboxylic acids is 1. The molecule has 3 atom stereocenters. The molecule has 2 saturated carbocycles. The fourth-order valence-corrected chi connectivity index (χ4v) is 4.38. The van der Waals surface area contributed by atoms with Crippen LogP contribution >= 0.6 is 0 Å². The molecular formula is C17H20F2N2O. The van der Waals surface area contributed by atoms with E-state index in [0.29, 0.717) is 24.9 Å². The van der Waals surface area contributed by atoms with Gasteiger partial charge in [0.2, 0.25) is 5.91 Å². The zero-order valence-electron chi connectivity index (χ0n) is 12.4. The molecule has 2 aliphatic carbocycles. The number of benzene rings is 1. The number of hydrogen-bond donors (Lipinski definition) is 1. The standard InChI is InChI=1S/C17H20F2N2O/c18-13-5-2-6-14(19)16(13)21-8-7-10(9-21)20-17(22)15-11-3-1-4-12(11)15/h2,5-6,10-12,15H,1,3-4,7-9H2,(H,20,22)/t10-,11+,12+/m1/s1. The Hall–Kier alpha value is -1.65. The van der Waals surface area contributed by atoms with Crippen LogP contribution in [0.25, 0.3) is 0 Å². The Morgan fingerprint density at radius 3 is 2.50 bits per heavy atom. The van der Waals surface area contributed by atoms with E-state index >= 15 is 0 Å². The molecule has 0 radical (unpaired) electrons. The number of para-hydroxylation sites is 1. The molecule has 1 amide bonds. The predicted octanol–water partition coefficient (Wildman–Crippen LogP) is 2.71. The molecule has 118 valence electrons. The fraction of sp³-hybridized carbons (Fsp3) is 0.588. The summed E-state index contributed by atoms with van der Waals surface area (Å²) in [7, 11) is 0. The van der Waals surface area contributed by atoms with Crippen molar-refractivity contribution in [3.05, 3.63) is 29.8 Å². The molecule has 3 fully saturated rings. The Balaban J connectivity index is 1.37. The van der Waals surface area contributed by atoms with Crippen molar-refractivity contribution in [2.45, 2.75) is 31.7 Å². The second-order valence-corrected chi connectivity index (χ2v) is 6.79. The average molecular weight is 306 g/mol. The number of halogens is 2. The Morgan fingerprint density at radius 1 is 1.14 bits per heavy atom. The van der Waals surface area contributed by atoms with Crippen molar-refractivity contribution in [3.63, 3.8) is 0 Å². The molecule has 1 aliphatic heterocycles. The van der Waals surface area contributed by atoms with Crippen LogP contribution in [0.4, 0.5) is 14.5 Å². The Kier molecular flexibility index (Phi) is 3.31. The molecule has 1 saturated heterocycles. The van der Waals surface area contributed by atoms with Crippen molar-refractivity contribution in [1.29, 1.82) is 0 Å². The van der Waals surface area contributed by atoms with Crippen molar-refractivity contribution in [2.75, 3.05) is 18.0 Å². The van der Waals surface area contributed by atoms with E-state index in [1.165, 1.54) is 37.5 Å². The molecule has 1 N–H and O–H groups in total. The normalized spacial score (nSPS) is 32.9. The van der Waals surface area contributed by atoms with Gasteiger partial charge in [-0.15, -0.1) is 0 Å². The van der Waals surface area contributed by atoms with Crippen LogP contribution in [0, 0.1) is 29.4 Å². The summed E-state index contributed by atoms with van der Waals surface area (Å²) in [6.07, 6.45) is 4.35. The van der Waals surface area contributed by atoms with Crippen molar-refractivity contribution >= 4 is 11.6 Å².